The lowest BCUT2D eigenvalue weighted by molar-refractivity contribution is -0.167. The van der Waals surface area contributed by atoms with E-state index in [1.54, 1.807) is 0 Å². The first kappa shape index (κ1) is 76.1. The Hall–Kier alpha value is -1.85. The molecule has 6 nitrogen and oxygen atoms in total. The van der Waals surface area contributed by atoms with E-state index in [-0.39, 0.29) is 31.1 Å². The zero-order chi connectivity index (χ0) is 56.4. The van der Waals surface area contributed by atoms with E-state index in [1.807, 2.05) is 0 Å². The van der Waals surface area contributed by atoms with Gasteiger partial charge in [-0.15, -0.1) is 0 Å². The van der Waals surface area contributed by atoms with E-state index in [4.69, 9.17) is 14.2 Å². The van der Waals surface area contributed by atoms with Crippen LogP contribution >= 0.6 is 0 Å². The standard InChI is InChI=1S/C72H138O6/c1-4-7-10-13-16-19-22-25-27-29-31-32-33-34-35-36-37-38-39-40-42-43-45-47-50-53-56-59-62-65-71(74)77-68-69(67-76-70(73)64-61-58-55-52-49-24-21-18-15-12-9-6-3)78-72(75)66-63-60-57-54-51-48-46-44-41-30-28-26-23-20-17-14-11-8-5-2/h18,21,69H,4-17,19-20,22-68H2,1-3H3/b21-18-. The molecule has 0 aliphatic heterocycles. The largest absolute Gasteiger partial charge is 0.462 e. The second-order valence-electron chi connectivity index (χ2n) is 24.5. The minimum Gasteiger partial charge on any atom is -0.462 e. The maximum Gasteiger partial charge on any atom is 0.306 e. The summed E-state index contributed by atoms with van der Waals surface area (Å²) in [6.45, 7) is 6.70. The van der Waals surface area contributed by atoms with Gasteiger partial charge in [0.05, 0.1) is 0 Å². The molecule has 0 fully saturated rings. The molecule has 1 unspecified atom stereocenters. The minimum atomic E-state index is -0.769. The van der Waals surface area contributed by atoms with Gasteiger partial charge in [0.15, 0.2) is 6.10 Å². The minimum absolute atomic E-state index is 0.0658. The molecule has 6 heteroatoms. The average molecular weight is 1100 g/mol. The Morgan fingerprint density at radius 2 is 0.423 bits per heavy atom. The van der Waals surface area contributed by atoms with E-state index in [0.717, 1.165) is 64.2 Å². The summed E-state index contributed by atoms with van der Waals surface area (Å²) in [7, 11) is 0. The molecule has 0 aromatic rings. The van der Waals surface area contributed by atoms with Crippen LogP contribution in [0.1, 0.15) is 412 Å². The van der Waals surface area contributed by atoms with Crippen molar-refractivity contribution in [3.05, 3.63) is 12.2 Å². The van der Waals surface area contributed by atoms with Crippen LogP contribution in [0.3, 0.4) is 0 Å². The van der Waals surface area contributed by atoms with Gasteiger partial charge in [-0.2, -0.15) is 0 Å². The van der Waals surface area contributed by atoms with Gasteiger partial charge < -0.3 is 14.2 Å². The topological polar surface area (TPSA) is 78.9 Å². The van der Waals surface area contributed by atoms with Crippen molar-refractivity contribution >= 4 is 17.9 Å². The Morgan fingerprint density at radius 1 is 0.244 bits per heavy atom. The van der Waals surface area contributed by atoms with E-state index in [0.29, 0.717) is 19.3 Å². The van der Waals surface area contributed by atoms with Crippen molar-refractivity contribution < 1.29 is 28.6 Å². The van der Waals surface area contributed by atoms with Crippen molar-refractivity contribution in [2.45, 2.75) is 419 Å². The predicted molar refractivity (Wildman–Crippen MR) is 340 cm³/mol. The van der Waals surface area contributed by atoms with Crippen molar-refractivity contribution in [2.24, 2.45) is 0 Å². The van der Waals surface area contributed by atoms with E-state index in [9.17, 15) is 14.4 Å². The zero-order valence-electron chi connectivity index (χ0n) is 53.2. The molecule has 0 radical (unpaired) electrons. The molecule has 0 N–H and O–H groups in total. The molecule has 0 aromatic heterocycles. The van der Waals surface area contributed by atoms with Gasteiger partial charge in [-0.05, 0) is 44.9 Å². The van der Waals surface area contributed by atoms with Crippen molar-refractivity contribution in [3.63, 3.8) is 0 Å². The van der Waals surface area contributed by atoms with E-state index in [2.05, 4.69) is 32.9 Å². The van der Waals surface area contributed by atoms with Crippen molar-refractivity contribution in [2.75, 3.05) is 13.2 Å². The van der Waals surface area contributed by atoms with Crippen LogP contribution in [0.2, 0.25) is 0 Å². The molecule has 462 valence electrons. The summed E-state index contributed by atoms with van der Waals surface area (Å²) in [5.41, 5.74) is 0. The molecule has 1 atom stereocenters. The number of carbonyl (C=O) groups excluding carboxylic acids is 3. The van der Waals surface area contributed by atoms with Crippen molar-refractivity contribution in [3.8, 4) is 0 Å². The van der Waals surface area contributed by atoms with Crippen LogP contribution in [0.15, 0.2) is 12.2 Å². The first-order valence-corrected chi connectivity index (χ1v) is 35.7. The number of esters is 3. The molecule has 0 saturated heterocycles. The van der Waals surface area contributed by atoms with Gasteiger partial charge in [0.2, 0.25) is 0 Å². The van der Waals surface area contributed by atoms with Crippen LogP contribution < -0.4 is 0 Å². The summed E-state index contributed by atoms with van der Waals surface area (Å²) in [5, 5.41) is 0. The SMILES string of the molecule is CCCCC/C=C\CCCCCCCC(=O)OCC(COC(=O)CCCCCCCCCCCCCCCCCCCCCCCCCCCCCCC)OC(=O)CCCCCCCCCCCCCCCCCCCCC. The third kappa shape index (κ3) is 65.0. The van der Waals surface area contributed by atoms with Crippen molar-refractivity contribution in [1.29, 1.82) is 0 Å². The average Bonchev–Trinajstić information content (AvgIpc) is 3.44. The number of hydrogen-bond acceptors (Lipinski definition) is 6. The highest BCUT2D eigenvalue weighted by molar-refractivity contribution is 5.71. The fourth-order valence-corrected chi connectivity index (χ4v) is 11.2. The molecule has 0 saturated carbocycles. The second-order valence-corrected chi connectivity index (χ2v) is 24.5. The van der Waals surface area contributed by atoms with Gasteiger partial charge in [0.1, 0.15) is 13.2 Å². The van der Waals surface area contributed by atoms with Gasteiger partial charge in [-0.25, -0.2) is 0 Å². The highest BCUT2D eigenvalue weighted by Gasteiger charge is 2.19. The molecule has 0 aromatic carbocycles. The number of ether oxygens (including phenoxy) is 3. The third-order valence-corrected chi connectivity index (χ3v) is 16.5. The molecule has 0 aliphatic carbocycles. The highest BCUT2D eigenvalue weighted by atomic mass is 16.6. The smallest absolute Gasteiger partial charge is 0.306 e. The Balaban J connectivity index is 4.12. The monoisotopic (exact) mass is 1100 g/mol. The first-order valence-electron chi connectivity index (χ1n) is 35.7. The van der Waals surface area contributed by atoms with E-state index >= 15 is 0 Å². The zero-order valence-corrected chi connectivity index (χ0v) is 53.2. The van der Waals surface area contributed by atoms with Crippen LogP contribution in [0, 0.1) is 0 Å². The van der Waals surface area contributed by atoms with E-state index in [1.165, 1.54) is 308 Å². The lowest BCUT2D eigenvalue weighted by Gasteiger charge is -2.18. The summed E-state index contributed by atoms with van der Waals surface area (Å²) in [6, 6.07) is 0. The maximum atomic E-state index is 12.9. The molecule has 0 rings (SSSR count). The molecule has 0 heterocycles. The molecular formula is C72H138O6. The second kappa shape index (κ2) is 67.7. The lowest BCUT2D eigenvalue weighted by Crippen LogP contribution is -2.30. The number of hydrogen-bond donors (Lipinski definition) is 0. The normalized spacial score (nSPS) is 12.0. The van der Waals surface area contributed by atoms with Gasteiger partial charge in [0.25, 0.3) is 0 Å². The van der Waals surface area contributed by atoms with Gasteiger partial charge >= 0.3 is 17.9 Å². The number of unbranched alkanes of at least 4 members (excludes halogenated alkanes) is 54. The summed E-state index contributed by atoms with van der Waals surface area (Å²) < 4.78 is 17.0. The summed E-state index contributed by atoms with van der Waals surface area (Å²) in [4.78, 5) is 38.4. The molecule has 0 bridgehead atoms. The van der Waals surface area contributed by atoms with Crippen LogP contribution in [0.4, 0.5) is 0 Å². The van der Waals surface area contributed by atoms with Crippen LogP contribution in [0.5, 0.6) is 0 Å². The van der Waals surface area contributed by atoms with Crippen LogP contribution in [0.25, 0.3) is 0 Å². The Morgan fingerprint density at radius 3 is 0.667 bits per heavy atom. The number of rotatable bonds is 67. The quantitative estimate of drug-likeness (QED) is 0.0261. The molecule has 0 amide bonds. The fourth-order valence-electron chi connectivity index (χ4n) is 11.2. The van der Waals surface area contributed by atoms with Crippen LogP contribution in [-0.2, 0) is 28.6 Å². The van der Waals surface area contributed by atoms with Gasteiger partial charge in [0, 0.05) is 19.3 Å². The third-order valence-electron chi connectivity index (χ3n) is 16.5. The van der Waals surface area contributed by atoms with Gasteiger partial charge in [-0.1, -0.05) is 360 Å². The molecular weight excluding hydrogens is 961 g/mol. The molecule has 0 aliphatic rings. The van der Waals surface area contributed by atoms with E-state index < -0.39 is 6.10 Å². The molecule has 78 heavy (non-hydrogen) atoms. The Labute approximate surface area is 488 Å². The number of allylic oxidation sites excluding steroid dienone is 2. The number of carbonyl (C=O) groups is 3. The predicted octanol–water partition coefficient (Wildman–Crippen LogP) is 24.4. The summed E-state index contributed by atoms with van der Waals surface area (Å²) >= 11 is 0. The fraction of sp³-hybridized carbons (Fsp3) is 0.931. The summed E-state index contributed by atoms with van der Waals surface area (Å²) in [6.07, 6.45) is 81.2. The van der Waals surface area contributed by atoms with Gasteiger partial charge in [-0.3, -0.25) is 14.4 Å². The maximum absolute atomic E-state index is 12.9. The first-order chi connectivity index (χ1) is 38.5. The van der Waals surface area contributed by atoms with Crippen LogP contribution in [-0.4, -0.2) is 37.2 Å². The lowest BCUT2D eigenvalue weighted by atomic mass is 10.0. The highest BCUT2D eigenvalue weighted by Crippen LogP contribution is 2.19. The van der Waals surface area contributed by atoms with Crippen molar-refractivity contribution in [1.82, 2.24) is 0 Å². The molecule has 0 spiro atoms. The Kier molecular flexibility index (Phi) is 66.0. The Bertz CT molecular complexity index is 1210. The summed E-state index contributed by atoms with van der Waals surface area (Å²) in [5.74, 6) is -0.841.